The lowest BCUT2D eigenvalue weighted by Gasteiger charge is -2.12. The van der Waals surface area contributed by atoms with Gasteiger partial charge in [0, 0.05) is 6.54 Å². The summed E-state index contributed by atoms with van der Waals surface area (Å²) in [5.41, 5.74) is 6.60. The molecule has 7 heteroatoms. The third-order valence-electron chi connectivity index (χ3n) is 2.89. The molecule has 6 nitrogen and oxygen atoms in total. The topological polar surface area (TPSA) is 90.7 Å². The van der Waals surface area contributed by atoms with Gasteiger partial charge in [0.2, 0.25) is 5.91 Å². The molecular weight excluding hydrogens is 308 g/mol. The third kappa shape index (κ3) is 7.28. The second kappa shape index (κ2) is 10.9. The predicted octanol–water partition coefficient (Wildman–Crippen LogP) is 1.40. The molecule has 0 aliphatic heterocycles. The van der Waals surface area contributed by atoms with E-state index in [0.717, 1.165) is 12.0 Å². The Morgan fingerprint density at radius 1 is 1.36 bits per heavy atom. The first-order valence-electron chi connectivity index (χ1n) is 6.88. The molecular formula is C15H23ClN2O4. The Labute approximate surface area is 136 Å². The number of nitrogens with two attached hydrogens (primary N) is 1. The highest BCUT2D eigenvalue weighted by atomic mass is 35.5. The summed E-state index contributed by atoms with van der Waals surface area (Å²) in [6.07, 6.45) is 1.53. The molecule has 0 radical (unpaired) electrons. The average molecular weight is 331 g/mol. The number of ether oxygens (including phenoxy) is 2. The number of hydrogen-bond donors (Lipinski definition) is 2. The summed E-state index contributed by atoms with van der Waals surface area (Å²) in [6, 6.07) is 6.66. The fourth-order valence-corrected chi connectivity index (χ4v) is 1.71. The van der Waals surface area contributed by atoms with Gasteiger partial charge in [-0.3, -0.25) is 4.79 Å². The predicted molar refractivity (Wildman–Crippen MR) is 85.9 cm³/mol. The SMILES string of the molecule is CCCC(N)C(=O)NCc1cccc(OCC(=O)OC)c1.Cl. The molecule has 1 aromatic carbocycles. The van der Waals surface area contributed by atoms with Gasteiger partial charge in [0.15, 0.2) is 6.61 Å². The second-order valence-corrected chi connectivity index (χ2v) is 4.63. The lowest BCUT2D eigenvalue weighted by molar-refractivity contribution is -0.142. The van der Waals surface area contributed by atoms with E-state index in [2.05, 4.69) is 10.1 Å². The van der Waals surface area contributed by atoms with Crippen LogP contribution in [0.4, 0.5) is 0 Å². The van der Waals surface area contributed by atoms with Gasteiger partial charge in [-0.1, -0.05) is 25.5 Å². The zero-order valence-electron chi connectivity index (χ0n) is 12.8. The quantitative estimate of drug-likeness (QED) is 0.703. The molecule has 3 N–H and O–H groups in total. The summed E-state index contributed by atoms with van der Waals surface area (Å²) in [4.78, 5) is 22.7. The maximum absolute atomic E-state index is 11.7. The van der Waals surface area contributed by atoms with E-state index >= 15 is 0 Å². The van der Waals surface area contributed by atoms with Crippen LogP contribution in [0.25, 0.3) is 0 Å². The van der Waals surface area contributed by atoms with Gasteiger partial charge >= 0.3 is 5.97 Å². The minimum absolute atomic E-state index is 0. The number of halogens is 1. The van der Waals surface area contributed by atoms with Crippen molar-refractivity contribution in [1.82, 2.24) is 5.32 Å². The molecule has 0 bridgehead atoms. The Kier molecular flexibility index (Phi) is 9.98. The van der Waals surface area contributed by atoms with Gasteiger partial charge in [0.1, 0.15) is 5.75 Å². The van der Waals surface area contributed by atoms with Crippen molar-refractivity contribution in [3.63, 3.8) is 0 Å². The van der Waals surface area contributed by atoms with Gasteiger partial charge in [0.05, 0.1) is 13.2 Å². The van der Waals surface area contributed by atoms with E-state index in [-0.39, 0.29) is 24.9 Å². The second-order valence-electron chi connectivity index (χ2n) is 4.63. The van der Waals surface area contributed by atoms with Crippen molar-refractivity contribution in [3.8, 4) is 5.75 Å². The first-order valence-corrected chi connectivity index (χ1v) is 6.88. The number of methoxy groups -OCH3 is 1. The summed E-state index contributed by atoms with van der Waals surface area (Å²) >= 11 is 0. The van der Waals surface area contributed by atoms with Crippen molar-refractivity contribution in [2.75, 3.05) is 13.7 Å². The number of esters is 1. The normalized spacial score (nSPS) is 11.0. The lowest BCUT2D eigenvalue weighted by Crippen LogP contribution is -2.40. The van der Waals surface area contributed by atoms with E-state index in [1.807, 2.05) is 13.0 Å². The first kappa shape index (κ1) is 20.2. The van der Waals surface area contributed by atoms with Crippen LogP contribution in [0.5, 0.6) is 5.75 Å². The third-order valence-corrected chi connectivity index (χ3v) is 2.89. The van der Waals surface area contributed by atoms with Crippen LogP contribution in [0.15, 0.2) is 24.3 Å². The van der Waals surface area contributed by atoms with E-state index in [4.69, 9.17) is 10.5 Å². The van der Waals surface area contributed by atoms with E-state index < -0.39 is 12.0 Å². The number of amides is 1. The first-order chi connectivity index (χ1) is 10.1. The summed E-state index contributed by atoms with van der Waals surface area (Å²) < 4.78 is 9.78. The Hall–Kier alpha value is -1.79. The monoisotopic (exact) mass is 330 g/mol. The van der Waals surface area contributed by atoms with E-state index in [1.54, 1.807) is 18.2 Å². The van der Waals surface area contributed by atoms with Crippen LogP contribution in [-0.4, -0.2) is 31.6 Å². The molecule has 0 heterocycles. The number of benzene rings is 1. The van der Waals surface area contributed by atoms with Crippen molar-refractivity contribution in [1.29, 1.82) is 0 Å². The van der Waals surface area contributed by atoms with Gasteiger partial charge in [-0.25, -0.2) is 4.79 Å². The molecule has 0 spiro atoms. The minimum atomic E-state index is -0.478. The molecule has 22 heavy (non-hydrogen) atoms. The van der Waals surface area contributed by atoms with Crippen LogP contribution < -0.4 is 15.8 Å². The number of nitrogens with one attached hydrogen (secondary N) is 1. The average Bonchev–Trinajstić information content (AvgIpc) is 2.50. The Morgan fingerprint density at radius 2 is 2.09 bits per heavy atom. The molecule has 1 aromatic rings. The van der Waals surface area contributed by atoms with Crippen LogP contribution in [0.3, 0.4) is 0 Å². The molecule has 0 aliphatic carbocycles. The fraction of sp³-hybridized carbons (Fsp3) is 0.467. The molecule has 1 unspecified atom stereocenters. The van der Waals surface area contributed by atoms with Crippen molar-refractivity contribution in [2.45, 2.75) is 32.4 Å². The summed E-state index contributed by atoms with van der Waals surface area (Å²) in [5.74, 6) is -0.0676. The summed E-state index contributed by atoms with van der Waals surface area (Å²) in [7, 11) is 1.30. The standard InChI is InChI=1S/C15H22N2O4.ClH/c1-3-5-13(16)15(19)17-9-11-6-4-7-12(8-11)21-10-14(18)20-2;/h4,6-8,13H,3,5,9-10,16H2,1-2H3,(H,17,19);1H. The molecule has 0 aliphatic rings. The molecule has 1 atom stereocenters. The molecule has 0 aromatic heterocycles. The Balaban J connectivity index is 0.00000441. The van der Waals surface area contributed by atoms with Gasteiger partial charge in [-0.15, -0.1) is 12.4 Å². The van der Waals surface area contributed by atoms with Crippen molar-refractivity contribution in [2.24, 2.45) is 5.73 Å². The van der Waals surface area contributed by atoms with Gasteiger partial charge in [0.25, 0.3) is 0 Å². The van der Waals surface area contributed by atoms with Crippen molar-refractivity contribution >= 4 is 24.3 Å². The zero-order valence-corrected chi connectivity index (χ0v) is 13.7. The highest BCUT2D eigenvalue weighted by molar-refractivity contribution is 5.85. The van der Waals surface area contributed by atoms with Crippen LogP contribution in [-0.2, 0) is 20.9 Å². The Morgan fingerprint density at radius 3 is 2.73 bits per heavy atom. The molecule has 1 amide bonds. The van der Waals surface area contributed by atoms with Crippen LogP contribution in [0.2, 0.25) is 0 Å². The number of rotatable bonds is 8. The number of carbonyl (C=O) groups excluding carboxylic acids is 2. The van der Waals surface area contributed by atoms with Gasteiger partial charge in [-0.2, -0.15) is 0 Å². The summed E-state index contributed by atoms with van der Waals surface area (Å²) in [5, 5.41) is 2.78. The molecule has 124 valence electrons. The number of carbonyl (C=O) groups is 2. The van der Waals surface area contributed by atoms with Crippen LogP contribution in [0.1, 0.15) is 25.3 Å². The lowest BCUT2D eigenvalue weighted by atomic mass is 10.1. The fourth-order valence-electron chi connectivity index (χ4n) is 1.71. The van der Waals surface area contributed by atoms with Crippen LogP contribution in [0, 0.1) is 0 Å². The van der Waals surface area contributed by atoms with E-state index in [9.17, 15) is 9.59 Å². The molecule has 0 saturated heterocycles. The largest absolute Gasteiger partial charge is 0.482 e. The zero-order chi connectivity index (χ0) is 15.7. The van der Waals surface area contributed by atoms with E-state index in [1.165, 1.54) is 7.11 Å². The Bertz CT molecular complexity index is 482. The summed E-state index contributed by atoms with van der Waals surface area (Å²) in [6.45, 7) is 2.20. The number of hydrogen-bond acceptors (Lipinski definition) is 5. The minimum Gasteiger partial charge on any atom is -0.482 e. The smallest absolute Gasteiger partial charge is 0.343 e. The van der Waals surface area contributed by atoms with Crippen molar-refractivity contribution in [3.05, 3.63) is 29.8 Å². The molecule has 0 fully saturated rings. The maximum Gasteiger partial charge on any atom is 0.343 e. The molecule has 1 rings (SSSR count). The highest BCUT2D eigenvalue weighted by Crippen LogP contribution is 2.13. The van der Waals surface area contributed by atoms with Crippen molar-refractivity contribution < 1.29 is 19.1 Å². The maximum atomic E-state index is 11.7. The van der Waals surface area contributed by atoms with Gasteiger partial charge < -0.3 is 20.5 Å². The van der Waals surface area contributed by atoms with E-state index in [0.29, 0.717) is 18.7 Å². The van der Waals surface area contributed by atoms with Gasteiger partial charge in [-0.05, 0) is 24.1 Å². The highest BCUT2D eigenvalue weighted by Gasteiger charge is 2.11. The molecule has 0 saturated carbocycles. The van der Waals surface area contributed by atoms with Crippen LogP contribution >= 0.6 is 12.4 Å².